The Kier molecular flexibility index (Phi) is 7.85. The van der Waals surface area contributed by atoms with E-state index in [2.05, 4.69) is 31.9 Å². The summed E-state index contributed by atoms with van der Waals surface area (Å²) in [4.78, 5) is 0. The van der Waals surface area contributed by atoms with E-state index < -0.39 is 0 Å². The van der Waals surface area contributed by atoms with Gasteiger partial charge in [0.15, 0.2) is 0 Å². The van der Waals surface area contributed by atoms with Gasteiger partial charge in [-0.15, -0.1) is 0 Å². The molecule has 0 amide bonds. The van der Waals surface area contributed by atoms with Gasteiger partial charge in [-0.2, -0.15) is 0 Å². The van der Waals surface area contributed by atoms with Crippen molar-refractivity contribution in [3.05, 3.63) is 46.5 Å². The van der Waals surface area contributed by atoms with Gasteiger partial charge in [0.05, 0.1) is 28.4 Å². The van der Waals surface area contributed by atoms with E-state index in [1.165, 1.54) is 0 Å². The maximum absolute atomic E-state index is 5.60. The normalized spacial score (nSPS) is 10.8. The number of benzene rings is 2. The van der Waals surface area contributed by atoms with Crippen molar-refractivity contribution < 1.29 is 18.9 Å². The minimum Gasteiger partial charge on any atom is -0.497 e. The number of hydrogen-bond acceptors (Lipinski definition) is 4. The molecule has 140 valence electrons. The van der Waals surface area contributed by atoms with Crippen molar-refractivity contribution >= 4 is 44.0 Å². The second-order valence-electron chi connectivity index (χ2n) is 5.42. The summed E-state index contributed by atoms with van der Waals surface area (Å²) in [5.41, 5.74) is 3.88. The molecule has 0 aliphatic carbocycles. The molecule has 0 unspecified atom stereocenters. The highest BCUT2D eigenvalue weighted by atomic mass is 79.9. The Hall–Kier alpha value is -1.66. The highest BCUT2D eigenvalue weighted by molar-refractivity contribution is 9.08. The minimum absolute atomic E-state index is 0.671. The molecular formula is C20H22Br2O4. The van der Waals surface area contributed by atoms with Gasteiger partial charge in [0.1, 0.15) is 23.0 Å². The van der Waals surface area contributed by atoms with Crippen molar-refractivity contribution in [3.8, 4) is 23.0 Å². The molecule has 2 rings (SSSR count). The minimum atomic E-state index is 0.671. The van der Waals surface area contributed by atoms with E-state index in [4.69, 9.17) is 18.9 Å². The van der Waals surface area contributed by atoms with Crippen molar-refractivity contribution in [1.82, 2.24) is 0 Å². The van der Waals surface area contributed by atoms with Crippen LogP contribution in [0.25, 0.3) is 12.2 Å². The third-order valence-electron chi connectivity index (χ3n) is 3.95. The molecule has 0 radical (unpaired) electrons. The van der Waals surface area contributed by atoms with Crippen LogP contribution in [0.2, 0.25) is 0 Å². The molecule has 6 heteroatoms. The van der Waals surface area contributed by atoms with Crippen molar-refractivity contribution in [1.29, 1.82) is 0 Å². The molecular weight excluding hydrogens is 464 g/mol. The summed E-state index contributed by atoms with van der Waals surface area (Å²) in [5.74, 6) is 3.17. The summed E-state index contributed by atoms with van der Waals surface area (Å²) in [6.45, 7) is 0. The molecule has 0 aromatic heterocycles. The maximum Gasteiger partial charge on any atom is 0.130 e. The highest BCUT2D eigenvalue weighted by Gasteiger charge is 2.12. The lowest BCUT2D eigenvalue weighted by molar-refractivity contribution is 0.399. The second-order valence-corrected chi connectivity index (χ2v) is 6.54. The summed E-state index contributed by atoms with van der Waals surface area (Å²) in [5, 5.41) is 1.34. The summed E-state index contributed by atoms with van der Waals surface area (Å²) < 4.78 is 22.0. The number of rotatable bonds is 8. The van der Waals surface area contributed by atoms with E-state index in [1.807, 2.05) is 36.4 Å². The summed E-state index contributed by atoms with van der Waals surface area (Å²) in [7, 11) is 6.64. The lowest BCUT2D eigenvalue weighted by Crippen LogP contribution is -1.96. The van der Waals surface area contributed by atoms with Gasteiger partial charge in [0, 0.05) is 32.9 Å². The van der Waals surface area contributed by atoms with E-state index in [0.717, 1.165) is 45.3 Å². The zero-order chi connectivity index (χ0) is 19.1. The summed E-state index contributed by atoms with van der Waals surface area (Å²) >= 11 is 7.00. The molecule has 0 saturated carbocycles. The third-order valence-corrected chi connectivity index (χ3v) is 5.15. The molecule has 0 aliphatic heterocycles. The van der Waals surface area contributed by atoms with Crippen LogP contribution < -0.4 is 18.9 Å². The van der Waals surface area contributed by atoms with Gasteiger partial charge in [-0.1, -0.05) is 44.0 Å². The largest absolute Gasteiger partial charge is 0.497 e. The lowest BCUT2D eigenvalue weighted by atomic mass is 10.0. The predicted molar refractivity (Wildman–Crippen MR) is 113 cm³/mol. The van der Waals surface area contributed by atoms with Gasteiger partial charge in [-0.3, -0.25) is 0 Å². The predicted octanol–water partition coefficient (Wildman–Crippen LogP) is 5.68. The number of hydrogen-bond donors (Lipinski definition) is 0. The molecule has 0 saturated heterocycles. The second kappa shape index (κ2) is 9.88. The van der Waals surface area contributed by atoms with Gasteiger partial charge in [0.25, 0.3) is 0 Å². The molecule has 0 atom stereocenters. The average molecular weight is 486 g/mol. The van der Waals surface area contributed by atoms with Gasteiger partial charge in [-0.05, 0) is 24.3 Å². The molecule has 0 aliphatic rings. The highest BCUT2D eigenvalue weighted by Crippen LogP contribution is 2.35. The van der Waals surface area contributed by atoms with Crippen LogP contribution in [-0.4, -0.2) is 28.4 Å². The fourth-order valence-corrected chi connectivity index (χ4v) is 3.56. The fourth-order valence-electron chi connectivity index (χ4n) is 2.73. The summed E-state index contributed by atoms with van der Waals surface area (Å²) in [6.07, 6.45) is 3.98. The molecule has 0 bridgehead atoms. The molecule has 0 N–H and O–H groups in total. The van der Waals surface area contributed by atoms with Gasteiger partial charge in [0.2, 0.25) is 0 Å². The van der Waals surface area contributed by atoms with Crippen LogP contribution >= 0.6 is 31.9 Å². The standard InChI is InChI=1S/C20H22Br2O4/c1-23-17-7-13(19(25-3)15(9-17)11-21)5-6-14-8-18(24-2)10-16(12-22)20(14)26-4/h5-10H,11-12H2,1-4H3/b6-5+. The quantitative estimate of drug-likeness (QED) is 0.356. The van der Waals surface area contributed by atoms with Gasteiger partial charge >= 0.3 is 0 Å². The first-order valence-corrected chi connectivity index (χ1v) is 10.2. The molecule has 0 spiro atoms. The molecule has 4 nitrogen and oxygen atoms in total. The van der Waals surface area contributed by atoms with Gasteiger partial charge in [-0.25, -0.2) is 0 Å². The Morgan fingerprint density at radius 2 is 1.04 bits per heavy atom. The maximum atomic E-state index is 5.60. The lowest BCUT2D eigenvalue weighted by Gasteiger charge is -2.14. The molecule has 2 aromatic carbocycles. The van der Waals surface area contributed by atoms with Crippen LogP contribution in [0.15, 0.2) is 24.3 Å². The Bertz CT molecular complexity index is 722. The van der Waals surface area contributed by atoms with Crippen molar-refractivity contribution in [2.75, 3.05) is 28.4 Å². The third kappa shape index (κ3) is 4.54. The molecule has 0 fully saturated rings. The van der Waals surface area contributed by atoms with Crippen LogP contribution in [0, 0.1) is 0 Å². The Morgan fingerprint density at radius 3 is 1.31 bits per heavy atom. The topological polar surface area (TPSA) is 36.9 Å². The van der Waals surface area contributed by atoms with E-state index in [9.17, 15) is 0 Å². The number of ether oxygens (including phenoxy) is 4. The zero-order valence-electron chi connectivity index (χ0n) is 15.3. The van der Waals surface area contributed by atoms with Crippen LogP contribution in [0.4, 0.5) is 0 Å². The zero-order valence-corrected chi connectivity index (χ0v) is 18.4. The fraction of sp³-hybridized carbons (Fsp3) is 0.300. The van der Waals surface area contributed by atoms with Crippen molar-refractivity contribution in [2.24, 2.45) is 0 Å². The van der Waals surface area contributed by atoms with Crippen LogP contribution in [0.5, 0.6) is 23.0 Å². The Morgan fingerprint density at radius 1 is 0.654 bits per heavy atom. The smallest absolute Gasteiger partial charge is 0.130 e. The SMILES string of the molecule is COc1cc(/C=C/c2cc(OC)cc(CBr)c2OC)c(OC)c(CBr)c1. The molecule has 0 heterocycles. The Labute approximate surface area is 171 Å². The molecule has 2 aromatic rings. The average Bonchev–Trinajstić information content (AvgIpc) is 2.70. The van der Waals surface area contributed by atoms with Crippen molar-refractivity contribution in [2.45, 2.75) is 10.7 Å². The van der Waals surface area contributed by atoms with E-state index in [1.54, 1.807) is 28.4 Å². The van der Waals surface area contributed by atoms with Crippen LogP contribution in [0.1, 0.15) is 22.3 Å². The first kappa shape index (κ1) is 20.6. The number of halogens is 2. The monoisotopic (exact) mass is 484 g/mol. The van der Waals surface area contributed by atoms with E-state index >= 15 is 0 Å². The van der Waals surface area contributed by atoms with E-state index in [-0.39, 0.29) is 0 Å². The number of methoxy groups -OCH3 is 4. The molecule has 26 heavy (non-hydrogen) atoms. The summed E-state index contributed by atoms with van der Waals surface area (Å²) in [6, 6.07) is 7.80. The van der Waals surface area contributed by atoms with Crippen LogP contribution in [-0.2, 0) is 10.7 Å². The van der Waals surface area contributed by atoms with Gasteiger partial charge < -0.3 is 18.9 Å². The van der Waals surface area contributed by atoms with E-state index in [0.29, 0.717) is 10.7 Å². The first-order valence-electron chi connectivity index (χ1n) is 7.91. The first-order chi connectivity index (χ1) is 12.6. The van der Waals surface area contributed by atoms with Crippen LogP contribution in [0.3, 0.4) is 0 Å². The van der Waals surface area contributed by atoms with Crippen molar-refractivity contribution in [3.63, 3.8) is 0 Å². The Balaban J connectivity index is 2.56. The number of alkyl halides is 2.